The van der Waals surface area contributed by atoms with E-state index in [1.807, 2.05) is 42.5 Å². The molecule has 0 bridgehead atoms. The van der Waals surface area contributed by atoms with Crippen molar-refractivity contribution in [1.29, 1.82) is 0 Å². The molecule has 72 valence electrons. The van der Waals surface area contributed by atoms with Crippen LogP contribution in [-0.2, 0) is 4.57 Å². The first-order valence-electron chi connectivity index (χ1n) is 4.07. The van der Waals surface area contributed by atoms with Crippen molar-refractivity contribution in [2.45, 2.75) is 0 Å². The second-order valence-electron chi connectivity index (χ2n) is 2.96. The van der Waals surface area contributed by atoms with Crippen LogP contribution in [0.1, 0.15) is 0 Å². The molecule has 0 amide bonds. The standard InChI is InChI=1S/C10H7Br2OP/c11-14(12,13)10-7-3-5-8-4-1-2-6-9(8)10/h1-7H. The van der Waals surface area contributed by atoms with Gasteiger partial charge >= 0.3 is 0 Å². The Balaban J connectivity index is 2.85. The molecule has 0 saturated heterocycles. The van der Waals surface area contributed by atoms with Crippen LogP contribution in [0.2, 0.25) is 0 Å². The number of rotatable bonds is 1. The van der Waals surface area contributed by atoms with Gasteiger partial charge < -0.3 is 0 Å². The van der Waals surface area contributed by atoms with E-state index in [0.29, 0.717) is 0 Å². The summed E-state index contributed by atoms with van der Waals surface area (Å²) in [5.41, 5.74) is 0. The summed E-state index contributed by atoms with van der Waals surface area (Å²) < 4.78 is 9.32. The SMILES string of the molecule is O=P(Br)(Br)c1cccc2ccccc12. The first-order valence-corrected chi connectivity index (χ1v) is 9.81. The van der Waals surface area contributed by atoms with Crippen molar-refractivity contribution in [3.8, 4) is 0 Å². The van der Waals surface area contributed by atoms with Crippen LogP contribution in [0.25, 0.3) is 10.8 Å². The molecule has 0 spiro atoms. The van der Waals surface area contributed by atoms with Crippen LogP contribution in [-0.4, -0.2) is 0 Å². The van der Waals surface area contributed by atoms with Gasteiger partial charge in [0.05, 0.1) is 0 Å². The molecule has 0 saturated carbocycles. The fourth-order valence-electron chi connectivity index (χ4n) is 1.44. The minimum absolute atomic E-state index is 0.815. The summed E-state index contributed by atoms with van der Waals surface area (Å²) in [6.45, 7) is 0. The largest absolute Gasteiger partial charge is 0.294 e. The lowest BCUT2D eigenvalue weighted by Gasteiger charge is -2.06. The molecule has 0 aliphatic heterocycles. The smallest absolute Gasteiger partial charge is 0.236 e. The third-order valence-electron chi connectivity index (χ3n) is 2.05. The molecule has 0 aliphatic rings. The summed E-state index contributed by atoms with van der Waals surface area (Å²) in [5.74, 6) is 0. The highest BCUT2D eigenvalue weighted by Crippen LogP contribution is 2.61. The molecular formula is C10H7Br2OP. The highest BCUT2D eigenvalue weighted by molar-refractivity contribution is 9.71. The van der Waals surface area contributed by atoms with Gasteiger partial charge in [0.15, 0.2) is 0 Å². The van der Waals surface area contributed by atoms with E-state index >= 15 is 0 Å². The van der Waals surface area contributed by atoms with Crippen molar-refractivity contribution in [2.24, 2.45) is 0 Å². The number of halogens is 2. The summed E-state index contributed by atoms with van der Waals surface area (Å²) in [4.78, 5) is 0. The first kappa shape index (κ1) is 10.4. The van der Waals surface area contributed by atoms with Gasteiger partial charge in [-0.25, -0.2) is 0 Å². The Labute approximate surface area is 98.4 Å². The van der Waals surface area contributed by atoms with Crippen molar-refractivity contribution in [1.82, 2.24) is 0 Å². The van der Waals surface area contributed by atoms with E-state index < -0.39 is 4.55 Å². The van der Waals surface area contributed by atoms with Gasteiger partial charge in [0.1, 0.15) is 0 Å². The number of fused-ring (bicyclic) bond motifs is 1. The average Bonchev–Trinajstić information content (AvgIpc) is 2.15. The molecule has 14 heavy (non-hydrogen) atoms. The van der Waals surface area contributed by atoms with Crippen LogP contribution in [0.3, 0.4) is 0 Å². The van der Waals surface area contributed by atoms with Gasteiger partial charge in [-0.1, -0.05) is 36.4 Å². The summed E-state index contributed by atoms with van der Waals surface area (Å²) in [6.07, 6.45) is 0. The van der Waals surface area contributed by atoms with Crippen LogP contribution < -0.4 is 5.30 Å². The molecule has 4 heteroatoms. The predicted octanol–water partition coefficient (Wildman–Crippen LogP) is 4.45. The topological polar surface area (TPSA) is 17.1 Å². The maximum absolute atomic E-state index is 11.9. The zero-order valence-electron chi connectivity index (χ0n) is 7.15. The lowest BCUT2D eigenvalue weighted by molar-refractivity contribution is 0.600. The minimum Gasteiger partial charge on any atom is -0.294 e. The van der Waals surface area contributed by atoms with E-state index in [0.717, 1.165) is 16.1 Å². The summed E-state index contributed by atoms with van der Waals surface area (Å²) in [5, 5.41) is 2.94. The molecule has 2 aromatic rings. The Kier molecular flexibility index (Phi) is 2.83. The highest BCUT2D eigenvalue weighted by Gasteiger charge is 2.18. The molecule has 1 nitrogen and oxygen atoms in total. The fraction of sp³-hybridized carbons (Fsp3) is 0. The van der Waals surface area contributed by atoms with Gasteiger partial charge in [0, 0.05) is 5.30 Å². The third-order valence-corrected chi connectivity index (χ3v) is 5.29. The first-order chi connectivity index (χ1) is 6.59. The van der Waals surface area contributed by atoms with Crippen molar-refractivity contribution < 1.29 is 4.57 Å². The number of hydrogen-bond donors (Lipinski definition) is 0. The fourth-order valence-corrected chi connectivity index (χ4v) is 4.03. The molecule has 0 aliphatic carbocycles. The van der Waals surface area contributed by atoms with Gasteiger partial charge in [-0.15, -0.1) is 0 Å². The van der Waals surface area contributed by atoms with E-state index in [-0.39, 0.29) is 0 Å². The molecule has 0 N–H and O–H groups in total. The Hall–Kier alpha value is -0.110. The Morgan fingerprint density at radius 3 is 2.29 bits per heavy atom. The van der Waals surface area contributed by atoms with E-state index in [4.69, 9.17) is 0 Å². The van der Waals surface area contributed by atoms with Gasteiger partial charge in [-0.3, -0.25) is 4.57 Å². The molecular weight excluding hydrogens is 327 g/mol. The molecule has 0 aromatic heterocycles. The minimum atomic E-state index is -2.54. The van der Waals surface area contributed by atoms with Gasteiger partial charge in [0.2, 0.25) is 4.55 Å². The van der Waals surface area contributed by atoms with Crippen LogP contribution in [0, 0.1) is 0 Å². The normalized spacial score (nSPS) is 11.9. The van der Waals surface area contributed by atoms with Gasteiger partial charge in [-0.2, -0.15) is 0 Å². The van der Waals surface area contributed by atoms with Crippen molar-refractivity contribution in [2.75, 3.05) is 0 Å². The monoisotopic (exact) mass is 332 g/mol. The number of hydrogen-bond acceptors (Lipinski definition) is 1. The summed E-state index contributed by atoms with van der Waals surface area (Å²) >= 11 is 6.36. The summed E-state index contributed by atoms with van der Waals surface area (Å²) in [7, 11) is 0. The molecule has 0 unspecified atom stereocenters. The second kappa shape index (κ2) is 3.80. The van der Waals surface area contributed by atoms with Crippen molar-refractivity contribution >= 4 is 51.6 Å². The molecule has 0 radical (unpaired) electrons. The van der Waals surface area contributed by atoms with Crippen molar-refractivity contribution in [3.05, 3.63) is 42.5 Å². The van der Waals surface area contributed by atoms with Crippen LogP contribution >= 0.6 is 35.5 Å². The molecule has 0 atom stereocenters. The van der Waals surface area contributed by atoms with E-state index in [1.165, 1.54) is 0 Å². The van der Waals surface area contributed by atoms with Crippen molar-refractivity contribution in [3.63, 3.8) is 0 Å². The van der Waals surface area contributed by atoms with Crippen LogP contribution in [0.4, 0.5) is 0 Å². The highest BCUT2D eigenvalue weighted by atomic mass is 79.9. The van der Waals surface area contributed by atoms with E-state index in [9.17, 15) is 4.57 Å². The Morgan fingerprint density at radius 2 is 1.57 bits per heavy atom. The second-order valence-corrected chi connectivity index (χ2v) is 13.2. The predicted molar refractivity (Wildman–Crippen MR) is 69.0 cm³/mol. The average molecular weight is 334 g/mol. The lowest BCUT2D eigenvalue weighted by Crippen LogP contribution is -1.97. The Bertz CT molecular complexity index is 513. The van der Waals surface area contributed by atoms with Gasteiger partial charge in [-0.05, 0) is 47.8 Å². The van der Waals surface area contributed by atoms with Crippen LogP contribution in [0.5, 0.6) is 0 Å². The zero-order chi connectivity index (χ0) is 10.2. The van der Waals surface area contributed by atoms with E-state index in [1.54, 1.807) is 0 Å². The number of benzene rings is 2. The molecule has 0 fully saturated rings. The molecule has 2 rings (SSSR count). The lowest BCUT2D eigenvalue weighted by atomic mass is 10.1. The molecule has 0 heterocycles. The Morgan fingerprint density at radius 1 is 0.929 bits per heavy atom. The maximum atomic E-state index is 11.9. The molecule has 2 aromatic carbocycles. The third kappa shape index (κ3) is 1.95. The quantitative estimate of drug-likeness (QED) is 0.705. The maximum Gasteiger partial charge on any atom is 0.236 e. The van der Waals surface area contributed by atoms with Gasteiger partial charge in [0.25, 0.3) is 0 Å². The summed E-state index contributed by atoms with van der Waals surface area (Å²) in [6, 6.07) is 13.7. The zero-order valence-corrected chi connectivity index (χ0v) is 11.2. The van der Waals surface area contributed by atoms with E-state index in [2.05, 4.69) is 31.0 Å². The van der Waals surface area contributed by atoms with Crippen LogP contribution in [0.15, 0.2) is 42.5 Å².